The summed E-state index contributed by atoms with van der Waals surface area (Å²) in [5.41, 5.74) is 18.6. The first-order valence-corrected chi connectivity index (χ1v) is 33.7. The van der Waals surface area contributed by atoms with Gasteiger partial charge in [0.2, 0.25) is 0 Å². The van der Waals surface area contributed by atoms with Gasteiger partial charge < -0.3 is 14.5 Å². The fraction of sp³-hybridized carbons (Fsp3) is 0.0326. The van der Waals surface area contributed by atoms with Crippen molar-refractivity contribution in [1.82, 2.24) is 19.4 Å². The SMILES string of the molecule is C1=CC2CC(c3cc(-n4c5ccccc5c5c6c(ccc54)c4ccccc4n6C4=CC(c5cc6ccc7cccc8ccc(c5)c6c78)NC(c5cc6ccc7cccc8ccc(c5)c6c78)=C4)cc(-c4cc5ccc6cccc7ccc(c4)c5c67)n3)=Cc3ccc4cccc1c4c32. The average Bonchev–Trinajstić information content (AvgIpc) is 1.57. The number of rotatable bonds is 6. The van der Waals surface area contributed by atoms with Gasteiger partial charge >= 0.3 is 0 Å². The van der Waals surface area contributed by atoms with Crippen LogP contribution in [-0.4, -0.2) is 14.1 Å². The third-order valence-corrected chi connectivity index (χ3v) is 22.2. The predicted molar refractivity (Wildman–Crippen MR) is 407 cm³/mol. The number of hydrogen-bond acceptors (Lipinski definition) is 2. The number of allylic oxidation sites excluding steroid dienone is 4. The molecule has 0 amide bonds. The molecule has 0 saturated heterocycles. The number of nitrogens with zero attached hydrogens (tertiary/aromatic N) is 3. The van der Waals surface area contributed by atoms with Gasteiger partial charge in [0.15, 0.2) is 0 Å². The first-order chi connectivity index (χ1) is 47.5. The van der Waals surface area contributed by atoms with Gasteiger partial charge in [-0.2, -0.15) is 0 Å². The zero-order valence-electron chi connectivity index (χ0n) is 52.0. The third kappa shape index (κ3) is 7.04. The molecule has 96 heavy (non-hydrogen) atoms. The highest BCUT2D eigenvalue weighted by Gasteiger charge is 2.30. The van der Waals surface area contributed by atoms with E-state index in [1.165, 1.54) is 163 Å². The van der Waals surface area contributed by atoms with E-state index >= 15 is 0 Å². The zero-order chi connectivity index (χ0) is 62.2. The first-order valence-electron chi connectivity index (χ1n) is 33.7. The Balaban J connectivity index is 0.774. The van der Waals surface area contributed by atoms with Crippen molar-refractivity contribution in [3.05, 3.63) is 319 Å². The Morgan fingerprint density at radius 2 is 0.854 bits per heavy atom. The van der Waals surface area contributed by atoms with Gasteiger partial charge in [-0.25, -0.2) is 4.98 Å². The van der Waals surface area contributed by atoms with E-state index in [0.717, 1.165) is 62.6 Å². The summed E-state index contributed by atoms with van der Waals surface area (Å²) in [7, 11) is 0. The van der Waals surface area contributed by atoms with Crippen LogP contribution >= 0.6 is 0 Å². The summed E-state index contributed by atoms with van der Waals surface area (Å²) >= 11 is 0. The summed E-state index contributed by atoms with van der Waals surface area (Å²) in [4.78, 5) is 5.82. The molecular formula is C92H54N4. The van der Waals surface area contributed by atoms with Gasteiger partial charge in [-0.05, 0) is 232 Å². The number of benzene rings is 17. The van der Waals surface area contributed by atoms with Crippen LogP contribution in [0.25, 0.3) is 197 Å². The van der Waals surface area contributed by atoms with Crippen molar-refractivity contribution in [2.45, 2.75) is 18.4 Å². The summed E-state index contributed by atoms with van der Waals surface area (Å²) in [6.07, 6.45) is 13.0. The van der Waals surface area contributed by atoms with Crippen LogP contribution in [0.3, 0.4) is 0 Å². The molecule has 20 aromatic rings. The molecule has 0 radical (unpaired) electrons. The monoisotopic (exact) mass is 1210 g/mol. The van der Waals surface area contributed by atoms with E-state index in [4.69, 9.17) is 4.98 Å². The highest BCUT2D eigenvalue weighted by Crippen LogP contribution is 2.50. The van der Waals surface area contributed by atoms with Crippen LogP contribution in [0.4, 0.5) is 0 Å². The summed E-state index contributed by atoms with van der Waals surface area (Å²) in [6, 6.07) is 101. The lowest BCUT2D eigenvalue weighted by atomic mass is 9.76. The molecule has 3 aromatic heterocycles. The molecule has 0 saturated carbocycles. The highest BCUT2D eigenvalue weighted by molar-refractivity contribution is 6.29. The maximum Gasteiger partial charge on any atom is 0.0730 e. The van der Waals surface area contributed by atoms with Crippen molar-refractivity contribution >= 4 is 180 Å². The summed E-state index contributed by atoms with van der Waals surface area (Å²) in [5, 5.41) is 34.7. The van der Waals surface area contributed by atoms with Gasteiger partial charge in [-0.3, -0.25) is 0 Å². The van der Waals surface area contributed by atoms with Crippen LogP contribution in [0.1, 0.15) is 51.9 Å². The summed E-state index contributed by atoms with van der Waals surface area (Å²) < 4.78 is 5.13. The smallest absolute Gasteiger partial charge is 0.0730 e. The Morgan fingerprint density at radius 1 is 0.354 bits per heavy atom. The number of fused-ring (bicyclic) bond motifs is 7. The van der Waals surface area contributed by atoms with E-state index in [1.807, 2.05) is 0 Å². The molecule has 2 unspecified atom stereocenters. The molecule has 442 valence electrons. The van der Waals surface area contributed by atoms with E-state index in [0.29, 0.717) is 0 Å². The maximum atomic E-state index is 5.82. The Kier molecular flexibility index (Phi) is 9.96. The Labute approximate surface area is 550 Å². The molecule has 23 rings (SSSR count). The molecule has 0 spiro atoms. The summed E-state index contributed by atoms with van der Waals surface area (Å²) in [6.45, 7) is 0. The molecule has 1 aliphatic heterocycles. The van der Waals surface area contributed by atoms with Crippen LogP contribution < -0.4 is 5.32 Å². The normalized spacial score (nSPS) is 15.7. The topological polar surface area (TPSA) is 34.8 Å². The largest absolute Gasteiger partial charge is 0.374 e. The molecule has 4 heteroatoms. The Bertz CT molecular complexity index is 6830. The van der Waals surface area contributed by atoms with Crippen LogP contribution in [-0.2, 0) is 0 Å². The van der Waals surface area contributed by atoms with E-state index < -0.39 is 0 Å². The number of hydrogen-bond donors (Lipinski definition) is 1. The number of pyridine rings is 1. The van der Waals surface area contributed by atoms with Gasteiger partial charge in [-0.15, -0.1) is 0 Å². The maximum absolute atomic E-state index is 5.82. The second-order valence-electron chi connectivity index (χ2n) is 27.3. The molecule has 0 bridgehead atoms. The number of nitrogens with one attached hydrogen (secondary N) is 1. The van der Waals surface area contributed by atoms with Gasteiger partial charge in [0.05, 0.1) is 45.2 Å². The molecule has 2 aliphatic carbocycles. The number of aromatic nitrogens is 3. The quantitative estimate of drug-likeness (QED) is 0.168. The van der Waals surface area contributed by atoms with Crippen LogP contribution in [0.15, 0.2) is 285 Å². The minimum atomic E-state index is -0.190. The molecule has 0 fully saturated rings. The lowest BCUT2D eigenvalue weighted by Crippen LogP contribution is -2.23. The van der Waals surface area contributed by atoms with Gasteiger partial charge in [-0.1, -0.05) is 212 Å². The fourth-order valence-electron chi connectivity index (χ4n) is 18.1. The Hall–Kier alpha value is -12.4. The minimum Gasteiger partial charge on any atom is -0.374 e. The standard InChI is InChI=1S/C92H54N4/c1-3-19-80-73(17-1)74-37-38-82-91(92(74)96(80)72-49-78(69-43-63-33-25-55-13-7-14-56-26-34-64(44-69)89(63)85(55)56)94-79(50-72)70-45-65-35-27-57-15-8-16-58-28-36-66(46-70)90(65)86(57)58)75-18-2-4-20-81(75)95(82)71-47-76(67-39-59-29-21-51-9-5-10-52-22-30-60(40-67)87(59)83(51)52)93-77(48-71)68-41-61-31-23-53-11-6-12-54-24-32-62(42-68)88(61)84(53)54/h1-41,43-50,62,78,94H,42H2. The summed E-state index contributed by atoms with van der Waals surface area (Å²) in [5.74, 6) is 0.233. The van der Waals surface area contributed by atoms with Gasteiger partial charge in [0.1, 0.15) is 0 Å². The fourth-order valence-corrected chi connectivity index (χ4v) is 18.1. The van der Waals surface area contributed by atoms with Crippen molar-refractivity contribution in [1.29, 1.82) is 0 Å². The van der Waals surface area contributed by atoms with E-state index in [1.54, 1.807) is 0 Å². The third-order valence-electron chi connectivity index (χ3n) is 22.2. The second kappa shape index (κ2) is 18.7. The minimum absolute atomic E-state index is 0.190. The van der Waals surface area contributed by atoms with Crippen molar-refractivity contribution in [2.75, 3.05) is 0 Å². The molecule has 1 N–H and O–H groups in total. The first kappa shape index (κ1) is 51.2. The zero-order valence-corrected chi connectivity index (χ0v) is 52.0. The molecule has 4 heterocycles. The highest BCUT2D eigenvalue weighted by atomic mass is 15.0. The van der Waals surface area contributed by atoms with E-state index in [9.17, 15) is 0 Å². The number of dihydropyridines is 1. The van der Waals surface area contributed by atoms with E-state index in [-0.39, 0.29) is 12.0 Å². The second-order valence-corrected chi connectivity index (χ2v) is 27.3. The molecular weight excluding hydrogens is 1160 g/mol. The van der Waals surface area contributed by atoms with Crippen LogP contribution in [0.2, 0.25) is 0 Å². The van der Waals surface area contributed by atoms with Crippen molar-refractivity contribution < 1.29 is 0 Å². The van der Waals surface area contributed by atoms with Crippen LogP contribution in [0, 0.1) is 0 Å². The number of para-hydroxylation sites is 2. The van der Waals surface area contributed by atoms with Crippen molar-refractivity contribution in [3.8, 4) is 16.9 Å². The van der Waals surface area contributed by atoms with Gasteiger partial charge in [0.25, 0.3) is 0 Å². The molecule has 17 aromatic carbocycles. The van der Waals surface area contributed by atoms with Crippen molar-refractivity contribution in [2.24, 2.45) is 0 Å². The lowest BCUT2D eigenvalue weighted by Gasteiger charge is -2.28. The Morgan fingerprint density at radius 3 is 1.47 bits per heavy atom. The molecule has 3 aliphatic rings. The van der Waals surface area contributed by atoms with Crippen LogP contribution in [0.5, 0.6) is 0 Å². The van der Waals surface area contributed by atoms with E-state index in [2.05, 4.69) is 312 Å². The predicted octanol–water partition coefficient (Wildman–Crippen LogP) is 24.1. The average molecular weight is 1220 g/mol. The lowest BCUT2D eigenvalue weighted by molar-refractivity contribution is 0.764. The molecule has 2 atom stereocenters. The van der Waals surface area contributed by atoms with Crippen molar-refractivity contribution in [3.63, 3.8) is 0 Å². The van der Waals surface area contributed by atoms with Gasteiger partial charge in [0, 0.05) is 44.4 Å². The molecule has 4 nitrogen and oxygen atoms in total.